The minimum atomic E-state index is -0.473. The highest BCUT2D eigenvalue weighted by atomic mass is 16.3. The summed E-state index contributed by atoms with van der Waals surface area (Å²) in [5.74, 6) is -0.372. The van der Waals surface area contributed by atoms with Gasteiger partial charge in [-0.25, -0.2) is 0 Å². The Bertz CT molecular complexity index is 306. The lowest BCUT2D eigenvalue weighted by Gasteiger charge is -2.02. The monoisotopic (exact) mass is 183 g/mol. The first kappa shape index (κ1) is 9.73. The number of hydrogen-bond acceptors (Lipinski definition) is 3. The van der Waals surface area contributed by atoms with E-state index in [1.54, 1.807) is 10.9 Å². The highest BCUT2D eigenvalue weighted by Gasteiger charge is 2.04. The molecule has 13 heavy (non-hydrogen) atoms. The van der Waals surface area contributed by atoms with Crippen LogP contribution in [0.3, 0.4) is 0 Å². The van der Waals surface area contributed by atoms with Crippen LogP contribution in [0.1, 0.15) is 11.3 Å². The number of rotatable bonds is 3. The highest BCUT2D eigenvalue weighted by Crippen LogP contribution is 2.04. The van der Waals surface area contributed by atoms with Crippen LogP contribution in [-0.4, -0.2) is 27.4 Å². The molecule has 0 aromatic carbocycles. The van der Waals surface area contributed by atoms with Gasteiger partial charge >= 0.3 is 0 Å². The van der Waals surface area contributed by atoms with Crippen molar-refractivity contribution in [2.75, 3.05) is 6.61 Å². The lowest BCUT2D eigenvalue weighted by Crippen LogP contribution is -2.25. The summed E-state index contributed by atoms with van der Waals surface area (Å²) in [5.41, 5.74) is 1.97. The first-order chi connectivity index (χ1) is 6.15. The zero-order valence-electron chi connectivity index (χ0n) is 7.74. The third-order valence-corrected chi connectivity index (χ3v) is 1.96. The van der Waals surface area contributed by atoms with Crippen molar-refractivity contribution in [1.82, 2.24) is 15.1 Å². The van der Waals surface area contributed by atoms with Gasteiger partial charge in [-0.3, -0.25) is 9.48 Å². The first-order valence-electron chi connectivity index (χ1n) is 4.00. The van der Waals surface area contributed by atoms with Gasteiger partial charge in [-0.1, -0.05) is 0 Å². The number of aryl methyl sites for hydroxylation is 1. The van der Waals surface area contributed by atoms with E-state index in [0.29, 0.717) is 6.54 Å². The van der Waals surface area contributed by atoms with E-state index < -0.39 is 6.61 Å². The van der Waals surface area contributed by atoms with Crippen molar-refractivity contribution >= 4 is 5.91 Å². The van der Waals surface area contributed by atoms with Crippen LogP contribution >= 0.6 is 0 Å². The van der Waals surface area contributed by atoms with Gasteiger partial charge in [0.1, 0.15) is 6.61 Å². The van der Waals surface area contributed by atoms with Gasteiger partial charge in [0, 0.05) is 24.8 Å². The minimum Gasteiger partial charge on any atom is -0.387 e. The molecule has 1 aromatic heterocycles. The van der Waals surface area contributed by atoms with E-state index in [-0.39, 0.29) is 5.91 Å². The van der Waals surface area contributed by atoms with Crippen LogP contribution in [0.4, 0.5) is 0 Å². The molecule has 0 aliphatic heterocycles. The van der Waals surface area contributed by atoms with Gasteiger partial charge in [0.25, 0.3) is 0 Å². The van der Waals surface area contributed by atoms with Gasteiger partial charge in [0.05, 0.1) is 6.20 Å². The van der Waals surface area contributed by atoms with Crippen molar-refractivity contribution in [1.29, 1.82) is 0 Å². The number of aliphatic hydroxyl groups excluding tert-OH is 1. The van der Waals surface area contributed by atoms with Crippen LogP contribution in [-0.2, 0) is 18.4 Å². The van der Waals surface area contributed by atoms with Crippen molar-refractivity contribution in [2.45, 2.75) is 13.5 Å². The predicted molar refractivity (Wildman–Crippen MR) is 46.9 cm³/mol. The zero-order valence-corrected chi connectivity index (χ0v) is 7.74. The summed E-state index contributed by atoms with van der Waals surface area (Å²) in [6.45, 7) is 1.87. The van der Waals surface area contributed by atoms with Gasteiger partial charge in [0.2, 0.25) is 5.91 Å². The second-order valence-corrected chi connectivity index (χ2v) is 2.81. The molecule has 0 saturated heterocycles. The second kappa shape index (κ2) is 4.04. The number of aromatic nitrogens is 2. The molecule has 0 bridgehead atoms. The van der Waals surface area contributed by atoms with E-state index in [4.69, 9.17) is 5.11 Å². The maximum absolute atomic E-state index is 10.7. The average molecular weight is 183 g/mol. The molecule has 2 N–H and O–H groups in total. The Labute approximate surface area is 76.4 Å². The maximum Gasteiger partial charge on any atom is 0.245 e. The molecule has 0 unspecified atom stereocenters. The average Bonchev–Trinajstić information content (AvgIpc) is 2.44. The van der Waals surface area contributed by atoms with Crippen LogP contribution in [0, 0.1) is 6.92 Å². The fourth-order valence-electron chi connectivity index (χ4n) is 0.967. The smallest absolute Gasteiger partial charge is 0.245 e. The Morgan fingerprint density at radius 3 is 2.92 bits per heavy atom. The lowest BCUT2D eigenvalue weighted by atomic mass is 10.2. The van der Waals surface area contributed by atoms with Gasteiger partial charge in [-0.15, -0.1) is 0 Å². The van der Waals surface area contributed by atoms with Gasteiger partial charge in [-0.05, 0) is 6.92 Å². The molecule has 72 valence electrons. The van der Waals surface area contributed by atoms with Crippen LogP contribution in [0.5, 0.6) is 0 Å². The molecule has 5 nitrogen and oxygen atoms in total. The molecule has 0 radical (unpaired) electrons. The molecular formula is C8H13N3O2. The van der Waals surface area contributed by atoms with Crippen molar-refractivity contribution in [3.05, 3.63) is 17.5 Å². The molecule has 0 fully saturated rings. The molecule has 0 atom stereocenters. The number of amides is 1. The Morgan fingerprint density at radius 1 is 1.77 bits per heavy atom. The van der Waals surface area contributed by atoms with E-state index in [1.807, 2.05) is 14.0 Å². The first-order valence-corrected chi connectivity index (χ1v) is 4.00. The van der Waals surface area contributed by atoms with Crippen molar-refractivity contribution < 1.29 is 9.90 Å². The summed E-state index contributed by atoms with van der Waals surface area (Å²) in [6, 6.07) is 0. The minimum absolute atomic E-state index is 0.372. The summed E-state index contributed by atoms with van der Waals surface area (Å²) in [7, 11) is 1.84. The number of hydrogen-bond donors (Lipinski definition) is 2. The Morgan fingerprint density at radius 2 is 2.46 bits per heavy atom. The fourth-order valence-corrected chi connectivity index (χ4v) is 0.967. The third-order valence-electron chi connectivity index (χ3n) is 1.96. The topological polar surface area (TPSA) is 67.2 Å². The Balaban J connectivity index is 2.55. The standard InChI is InChI=1S/C8H13N3O2/c1-6-7(4-10-11(6)2)3-9-8(13)5-12/h4,12H,3,5H2,1-2H3,(H,9,13). The molecule has 1 aromatic rings. The lowest BCUT2D eigenvalue weighted by molar-refractivity contribution is -0.123. The largest absolute Gasteiger partial charge is 0.387 e. The number of nitrogens with zero attached hydrogens (tertiary/aromatic N) is 2. The molecule has 0 aliphatic carbocycles. The quantitative estimate of drug-likeness (QED) is 0.653. The molecular weight excluding hydrogens is 170 g/mol. The number of aliphatic hydroxyl groups is 1. The molecule has 0 spiro atoms. The van der Waals surface area contributed by atoms with E-state index in [1.165, 1.54) is 0 Å². The summed E-state index contributed by atoms with van der Waals surface area (Å²) >= 11 is 0. The van der Waals surface area contributed by atoms with E-state index >= 15 is 0 Å². The van der Waals surface area contributed by atoms with Crippen LogP contribution in [0.25, 0.3) is 0 Å². The zero-order chi connectivity index (χ0) is 9.84. The van der Waals surface area contributed by atoms with Crippen LogP contribution in [0.15, 0.2) is 6.20 Å². The van der Waals surface area contributed by atoms with Crippen LogP contribution in [0.2, 0.25) is 0 Å². The molecule has 0 aliphatic rings. The Hall–Kier alpha value is -1.36. The van der Waals surface area contributed by atoms with Crippen molar-refractivity contribution in [3.8, 4) is 0 Å². The summed E-state index contributed by atoms with van der Waals surface area (Å²) in [6.07, 6.45) is 1.70. The summed E-state index contributed by atoms with van der Waals surface area (Å²) in [4.78, 5) is 10.7. The third kappa shape index (κ3) is 2.29. The summed E-state index contributed by atoms with van der Waals surface area (Å²) in [5, 5.41) is 15.0. The van der Waals surface area contributed by atoms with Crippen molar-refractivity contribution in [3.63, 3.8) is 0 Å². The SMILES string of the molecule is Cc1c(CNC(=O)CO)cnn1C. The molecule has 1 rings (SSSR count). The Kier molecular flexibility index (Phi) is 3.02. The fraction of sp³-hybridized carbons (Fsp3) is 0.500. The van der Waals surface area contributed by atoms with Gasteiger partial charge in [-0.2, -0.15) is 5.10 Å². The number of nitrogens with one attached hydrogen (secondary N) is 1. The van der Waals surface area contributed by atoms with E-state index in [0.717, 1.165) is 11.3 Å². The number of carbonyl (C=O) groups is 1. The molecule has 0 saturated carbocycles. The van der Waals surface area contributed by atoms with E-state index in [2.05, 4.69) is 10.4 Å². The highest BCUT2D eigenvalue weighted by molar-refractivity contribution is 5.76. The molecule has 5 heteroatoms. The van der Waals surface area contributed by atoms with Crippen molar-refractivity contribution in [2.24, 2.45) is 7.05 Å². The van der Waals surface area contributed by atoms with Crippen LogP contribution < -0.4 is 5.32 Å². The number of carbonyl (C=O) groups excluding carboxylic acids is 1. The molecule has 1 amide bonds. The predicted octanol–water partition coefficient (Wildman–Crippen LogP) is -0.663. The normalized spacial score (nSPS) is 10.1. The maximum atomic E-state index is 10.7. The summed E-state index contributed by atoms with van der Waals surface area (Å²) < 4.78 is 1.74. The molecule has 1 heterocycles. The van der Waals surface area contributed by atoms with Gasteiger partial charge in [0.15, 0.2) is 0 Å². The second-order valence-electron chi connectivity index (χ2n) is 2.81. The van der Waals surface area contributed by atoms with E-state index in [9.17, 15) is 4.79 Å². The van der Waals surface area contributed by atoms with Gasteiger partial charge < -0.3 is 10.4 Å².